The third-order valence-corrected chi connectivity index (χ3v) is 3.43. The maximum absolute atomic E-state index is 8.69. The normalized spacial score (nSPS) is 21.4. The van der Waals surface area contributed by atoms with E-state index in [1.54, 1.807) is 0 Å². The molecule has 1 saturated heterocycles. The van der Waals surface area contributed by atoms with E-state index in [-0.39, 0.29) is 12.1 Å². The Labute approximate surface area is 125 Å². The summed E-state index contributed by atoms with van der Waals surface area (Å²) < 4.78 is 5.76. The van der Waals surface area contributed by atoms with Gasteiger partial charge in [0, 0.05) is 31.0 Å². The van der Waals surface area contributed by atoms with Crippen molar-refractivity contribution in [3.05, 3.63) is 46.3 Å². The summed E-state index contributed by atoms with van der Waals surface area (Å²) in [4.78, 5) is 5.19. The average molecular weight is 284 g/mol. The number of likely N-dealkylation sites (tertiary alicyclic amines) is 1. The largest absolute Gasteiger partial charge is 0.364 e. The minimum absolute atomic E-state index is 0.0734. The average Bonchev–Trinajstić information content (AvgIpc) is 2.87. The van der Waals surface area contributed by atoms with Gasteiger partial charge in [0.25, 0.3) is 0 Å². The Morgan fingerprint density at radius 1 is 1.33 bits per heavy atom. The number of azide groups is 1. The fourth-order valence-electron chi connectivity index (χ4n) is 2.47. The van der Waals surface area contributed by atoms with Crippen LogP contribution in [0.1, 0.15) is 18.9 Å². The summed E-state index contributed by atoms with van der Waals surface area (Å²) in [5.41, 5.74) is 9.94. The Morgan fingerprint density at radius 3 is 2.86 bits per heavy atom. The Balaban J connectivity index is 1.92. The number of ether oxygens (including phenoxy) is 1. The maximum Gasteiger partial charge on any atom is 0.108 e. The van der Waals surface area contributed by atoms with Gasteiger partial charge in [-0.05, 0) is 11.1 Å². The molecule has 110 valence electrons. The highest BCUT2D eigenvalue weighted by Crippen LogP contribution is 2.19. The van der Waals surface area contributed by atoms with Gasteiger partial charge in [0.1, 0.15) is 6.61 Å². The van der Waals surface area contributed by atoms with Crippen molar-refractivity contribution in [3.8, 4) is 11.8 Å². The second kappa shape index (κ2) is 8.33. The Morgan fingerprint density at radius 2 is 2.14 bits per heavy atom. The molecule has 5 heteroatoms. The van der Waals surface area contributed by atoms with Crippen molar-refractivity contribution in [2.45, 2.75) is 32.0 Å². The van der Waals surface area contributed by atoms with E-state index >= 15 is 0 Å². The number of benzene rings is 1. The van der Waals surface area contributed by atoms with Crippen LogP contribution in [0.2, 0.25) is 0 Å². The first-order chi connectivity index (χ1) is 10.3. The molecule has 0 saturated carbocycles. The molecule has 0 radical (unpaired) electrons. The summed E-state index contributed by atoms with van der Waals surface area (Å²) in [5, 5.41) is 3.86. The summed E-state index contributed by atoms with van der Waals surface area (Å²) in [6.45, 7) is 4.75. The molecule has 0 N–H and O–H groups in total. The Bertz CT molecular complexity index is 542. The van der Waals surface area contributed by atoms with E-state index in [0.29, 0.717) is 6.61 Å². The van der Waals surface area contributed by atoms with Gasteiger partial charge in [0.15, 0.2) is 0 Å². The fraction of sp³-hybridized carbons (Fsp3) is 0.500. The molecule has 0 aromatic heterocycles. The predicted octanol–water partition coefficient (Wildman–Crippen LogP) is 2.98. The van der Waals surface area contributed by atoms with Crippen molar-refractivity contribution < 1.29 is 4.74 Å². The molecule has 0 aliphatic carbocycles. The molecule has 1 fully saturated rings. The molecule has 21 heavy (non-hydrogen) atoms. The molecule has 0 spiro atoms. The molecule has 1 aliphatic rings. The van der Waals surface area contributed by atoms with Crippen LogP contribution in [0.25, 0.3) is 10.4 Å². The van der Waals surface area contributed by atoms with Gasteiger partial charge in [-0.3, -0.25) is 4.90 Å². The highest BCUT2D eigenvalue weighted by atomic mass is 16.5. The molecule has 1 aliphatic heterocycles. The third-order valence-electron chi connectivity index (χ3n) is 3.43. The summed E-state index contributed by atoms with van der Waals surface area (Å²) in [6, 6.07) is 10.1. The lowest BCUT2D eigenvalue weighted by Gasteiger charge is -2.15. The van der Waals surface area contributed by atoms with E-state index in [0.717, 1.165) is 26.1 Å². The van der Waals surface area contributed by atoms with Crippen molar-refractivity contribution >= 4 is 0 Å². The number of hydrogen-bond donors (Lipinski definition) is 0. The smallest absolute Gasteiger partial charge is 0.108 e. The number of nitrogens with zero attached hydrogens (tertiary/aromatic N) is 4. The van der Waals surface area contributed by atoms with Crippen LogP contribution in [-0.2, 0) is 11.3 Å². The molecule has 5 nitrogen and oxygen atoms in total. The first-order valence-electron chi connectivity index (χ1n) is 7.21. The number of hydrogen-bond acceptors (Lipinski definition) is 3. The van der Waals surface area contributed by atoms with Crippen LogP contribution in [0, 0.1) is 11.8 Å². The number of rotatable bonds is 5. The minimum Gasteiger partial charge on any atom is -0.364 e. The minimum atomic E-state index is -0.137. The second-order valence-corrected chi connectivity index (χ2v) is 5.01. The van der Waals surface area contributed by atoms with Crippen LogP contribution < -0.4 is 0 Å². The van der Waals surface area contributed by atoms with Crippen molar-refractivity contribution in [2.24, 2.45) is 5.11 Å². The van der Waals surface area contributed by atoms with E-state index < -0.39 is 0 Å². The molecule has 0 amide bonds. The zero-order valence-corrected chi connectivity index (χ0v) is 12.3. The second-order valence-electron chi connectivity index (χ2n) is 5.01. The van der Waals surface area contributed by atoms with Crippen molar-refractivity contribution in [1.82, 2.24) is 4.90 Å². The Hall–Kier alpha value is -1.99. The SMILES string of the molecule is CCC#CCOC1CN(Cc2ccccc2)CC1N=[N+]=[N-]. The van der Waals surface area contributed by atoms with Crippen LogP contribution in [-0.4, -0.2) is 36.7 Å². The Kier molecular flexibility index (Phi) is 6.11. The summed E-state index contributed by atoms with van der Waals surface area (Å²) in [7, 11) is 0. The van der Waals surface area contributed by atoms with Crippen LogP contribution >= 0.6 is 0 Å². The van der Waals surface area contributed by atoms with Crippen LogP contribution in [0.15, 0.2) is 35.4 Å². The summed E-state index contributed by atoms with van der Waals surface area (Å²) in [5.74, 6) is 5.94. The van der Waals surface area contributed by atoms with E-state index in [1.807, 2.05) is 25.1 Å². The first kappa shape index (κ1) is 15.4. The molecule has 2 rings (SSSR count). The zero-order valence-electron chi connectivity index (χ0n) is 12.3. The highest BCUT2D eigenvalue weighted by Gasteiger charge is 2.32. The lowest BCUT2D eigenvalue weighted by atomic mass is 10.2. The molecule has 1 aromatic rings. The van der Waals surface area contributed by atoms with E-state index in [1.165, 1.54) is 5.56 Å². The zero-order chi connectivity index (χ0) is 14.9. The third kappa shape index (κ3) is 4.80. The van der Waals surface area contributed by atoms with Crippen molar-refractivity contribution in [2.75, 3.05) is 19.7 Å². The van der Waals surface area contributed by atoms with Crippen LogP contribution in [0.4, 0.5) is 0 Å². The molecule has 1 aromatic carbocycles. The van der Waals surface area contributed by atoms with Gasteiger partial charge in [-0.2, -0.15) is 0 Å². The van der Waals surface area contributed by atoms with Gasteiger partial charge in [-0.15, -0.1) is 5.92 Å². The van der Waals surface area contributed by atoms with Gasteiger partial charge in [0.05, 0.1) is 12.1 Å². The summed E-state index contributed by atoms with van der Waals surface area (Å²) in [6.07, 6.45) is 0.754. The van der Waals surface area contributed by atoms with Crippen LogP contribution in [0.5, 0.6) is 0 Å². The standard InChI is InChI=1S/C16H20N4O/c1-2-3-7-10-21-16-13-20(12-15(16)18-19-17)11-14-8-5-4-6-9-14/h4-6,8-9,15-16H,2,10-13H2,1H3. The van der Waals surface area contributed by atoms with Gasteiger partial charge in [-0.25, -0.2) is 0 Å². The molecular weight excluding hydrogens is 264 g/mol. The van der Waals surface area contributed by atoms with Crippen LogP contribution in [0.3, 0.4) is 0 Å². The van der Waals surface area contributed by atoms with Gasteiger partial charge >= 0.3 is 0 Å². The lowest BCUT2D eigenvalue weighted by Crippen LogP contribution is -2.25. The van der Waals surface area contributed by atoms with E-state index in [9.17, 15) is 0 Å². The summed E-state index contributed by atoms with van der Waals surface area (Å²) >= 11 is 0. The predicted molar refractivity (Wildman–Crippen MR) is 82.5 cm³/mol. The molecule has 2 atom stereocenters. The van der Waals surface area contributed by atoms with Gasteiger partial charge in [0.2, 0.25) is 0 Å². The molecular formula is C16H20N4O. The van der Waals surface area contributed by atoms with Gasteiger partial charge < -0.3 is 4.74 Å². The van der Waals surface area contributed by atoms with Crippen molar-refractivity contribution in [3.63, 3.8) is 0 Å². The van der Waals surface area contributed by atoms with E-state index in [2.05, 4.69) is 38.9 Å². The van der Waals surface area contributed by atoms with Gasteiger partial charge in [-0.1, -0.05) is 48.3 Å². The lowest BCUT2D eigenvalue weighted by molar-refractivity contribution is 0.0742. The quantitative estimate of drug-likeness (QED) is 0.361. The molecule has 2 unspecified atom stereocenters. The maximum atomic E-state index is 8.69. The monoisotopic (exact) mass is 284 g/mol. The van der Waals surface area contributed by atoms with E-state index in [4.69, 9.17) is 10.3 Å². The molecule has 0 bridgehead atoms. The van der Waals surface area contributed by atoms with Crippen molar-refractivity contribution in [1.29, 1.82) is 0 Å². The fourth-order valence-corrected chi connectivity index (χ4v) is 2.47. The highest BCUT2D eigenvalue weighted by molar-refractivity contribution is 5.15. The first-order valence-corrected chi connectivity index (χ1v) is 7.21. The molecule has 1 heterocycles. The topological polar surface area (TPSA) is 61.2 Å².